The van der Waals surface area contributed by atoms with Crippen LogP contribution in [0.15, 0.2) is 24.3 Å². The summed E-state index contributed by atoms with van der Waals surface area (Å²) in [6, 6.07) is 7.12. The van der Waals surface area contributed by atoms with Crippen molar-refractivity contribution in [1.82, 2.24) is 0 Å². The molecule has 4 heteroatoms. The second kappa shape index (κ2) is 6.16. The van der Waals surface area contributed by atoms with Crippen molar-refractivity contribution in [2.75, 3.05) is 18.5 Å². The molecule has 0 bridgehead atoms. The Balaban J connectivity index is 2.59. The van der Waals surface area contributed by atoms with Crippen molar-refractivity contribution in [1.29, 1.82) is 0 Å². The van der Waals surface area contributed by atoms with Gasteiger partial charge in [-0.25, -0.2) is 0 Å². The zero-order valence-corrected chi connectivity index (χ0v) is 8.69. The summed E-state index contributed by atoms with van der Waals surface area (Å²) in [6.07, 6.45) is 0. The van der Waals surface area contributed by atoms with Crippen molar-refractivity contribution in [3.8, 4) is 0 Å². The topological polar surface area (TPSA) is 58.6 Å². The van der Waals surface area contributed by atoms with Crippen LogP contribution in [0.2, 0.25) is 0 Å². The molecule has 1 amide bonds. The van der Waals surface area contributed by atoms with Gasteiger partial charge in [0.05, 0.1) is 6.61 Å². The summed E-state index contributed by atoms with van der Waals surface area (Å²) < 4.78 is 4.97. The Morgan fingerprint density at radius 1 is 1.47 bits per heavy atom. The number of hydrogen-bond donors (Lipinski definition) is 2. The van der Waals surface area contributed by atoms with Gasteiger partial charge in [0.15, 0.2) is 0 Å². The Morgan fingerprint density at radius 2 is 2.20 bits per heavy atom. The molecule has 0 spiro atoms. The van der Waals surface area contributed by atoms with Crippen LogP contribution in [0, 0.1) is 0 Å². The van der Waals surface area contributed by atoms with E-state index in [-0.39, 0.29) is 19.1 Å². The van der Waals surface area contributed by atoms with E-state index >= 15 is 0 Å². The fourth-order valence-electron chi connectivity index (χ4n) is 1.16. The minimum atomic E-state index is -0.210. The molecule has 0 atom stereocenters. The van der Waals surface area contributed by atoms with E-state index in [2.05, 4.69) is 5.32 Å². The molecule has 0 aliphatic rings. The number of aliphatic hydroxyl groups is 1. The summed E-state index contributed by atoms with van der Waals surface area (Å²) >= 11 is 0. The Hall–Kier alpha value is -1.39. The summed E-state index contributed by atoms with van der Waals surface area (Å²) in [5.74, 6) is -0.210. The van der Waals surface area contributed by atoms with Crippen LogP contribution in [0.4, 0.5) is 5.69 Å². The normalized spacial score (nSPS) is 10.0. The van der Waals surface area contributed by atoms with Crippen molar-refractivity contribution in [2.45, 2.75) is 13.5 Å². The molecule has 0 aromatic heterocycles. The second-order valence-electron chi connectivity index (χ2n) is 3.00. The Bertz CT molecular complexity index is 325. The average Bonchev–Trinajstić information content (AvgIpc) is 2.27. The van der Waals surface area contributed by atoms with Crippen LogP contribution in [0.3, 0.4) is 0 Å². The van der Waals surface area contributed by atoms with E-state index in [1.54, 1.807) is 18.2 Å². The predicted molar refractivity (Wildman–Crippen MR) is 57.5 cm³/mol. The van der Waals surface area contributed by atoms with Crippen LogP contribution in [0.1, 0.15) is 12.5 Å². The highest BCUT2D eigenvalue weighted by molar-refractivity contribution is 5.92. The highest BCUT2D eigenvalue weighted by atomic mass is 16.5. The number of carbonyl (C=O) groups excluding carboxylic acids is 1. The smallest absolute Gasteiger partial charge is 0.250 e. The SMILES string of the molecule is CCOCC(=O)Nc1ccccc1CO. The molecular formula is C11H15NO3. The molecule has 0 heterocycles. The fourth-order valence-corrected chi connectivity index (χ4v) is 1.16. The number of amides is 1. The molecule has 1 aromatic rings. The number of ether oxygens (including phenoxy) is 1. The number of benzene rings is 1. The van der Waals surface area contributed by atoms with Crippen LogP contribution in [-0.2, 0) is 16.1 Å². The van der Waals surface area contributed by atoms with Gasteiger partial charge in [-0.2, -0.15) is 0 Å². The van der Waals surface area contributed by atoms with E-state index < -0.39 is 0 Å². The molecule has 15 heavy (non-hydrogen) atoms. The van der Waals surface area contributed by atoms with E-state index in [1.807, 2.05) is 13.0 Å². The summed E-state index contributed by atoms with van der Waals surface area (Å²) in [4.78, 5) is 11.3. The van der Waals surface area contributed by atoms with Crippen LogP contribution < -0.4 is 5.32 Å². The van der Waals surface area contributed by atoms with Gasteiger partial charge in [0.2, 0.25) is 5.91 Å². The molecule has 1 aromatic carbocycles. The third-order valence-electron chi connectivity index (χ3n) is 1.90. The number of carbonyl (C=O) groups is 1. The summed E-state index contributed by atoms with van der Waals surface area (Å²) in [6.45, 7) is 2.28. The number of anilines is 1. The summed E-state index contributed by atoms with van der Waals surface area (Å²) in [7, 11) is 0. The van der Waals surface area contributed by atoms with Gasteiger partial charge < -0.3 is 15.2 Å². The molecule has 0 saturated carbocycles. The Labute approximate surface area is 88.9 Å². The largest absolute Gasteiger partial charge is 0.392 e. The van der Waals surface area contributed by atoms with Crippen molar-refractivity contribution in [3.05, 3.63) is 29.8 Å². The lowest BCUT2D eigenvalue weighted by atomic mass is 10.2. The number of para-hydroxylation sites is 1. The van der Waals surface area contributed by atoms with Gasteiger partial charge in [0.1, 0.15) is 6.61 Å². The quantitative estimate of drug-likeness (QED) is 0.765. The first-order valence-corrected chi connectivity index (χ1v) is 4.84. The Kier molecular flexibility index (Phi) is 4.80. The van der Waals surface area contributed by atoms with Crippen molar-refractivity contribution >= 4 is 11.6 Å². The van der Waals surface area contributed by atoms with Gasteiger partial charge in [-0.3, -0.25) is 4.79 Å². The third kappa shape index (κ3) is 3.69. The van der Waals surface area contributed by atoms with Gasteiger partial charge in [-0.05, 0) is 13.0 Å². The molecule has 0 aliphatic heterocycles. The zero-order chi connectivity index (χ0) is 11.1. The molecule has 82 valence electrons. The maximum atomic E-state index is 11.3. The van der Waals surface area contributed by atoms with E-state index in [0.717, 1.165) is 0 Å². The molecule has 0 fully saturated rings. The second-order valence-corrected chi connectivity index (χ2v) is 3.00. The van der Waals surface area contributed by atoms with Gasteiger partial charge >= 0.3 is 0 Å². The standard InChI is InChI=1S/C11H15NO3/c1-2-15-8-11(14)12-10-6-4-3-5-9(10)7-13/h3-6,13H,2,7-8H2,1H3,(H,12,14). The number of aliphatic hydroxyl groups excluding tert-OH is 1. The maximum Gasteiger partial charge on any atom is 0.250 e. The van der Waals surface area contributed by atoms with Gasteiger partial charge in [0, 0.05) is 17.9 Å². The minimum Gasteiger partial charge on any atom is -0.392 e. The monoisotopic (exact) mass is 209 g/mol. The first-order valence-electron chi connectivity index (χ1n) is 4.84. The fraction of sp³-hybridized carbons (Fsp3) is 0.364. The molecule has 2 N–H and O–H groups in total. The van der Waals surface area contributed by atoms with E-state index in [9.17, 15) is 4.79 Å². The Morgan fingerprint density at radius 3 is 2.87 bits per heavy atom. The average molecular weight is 209 g/mol. The molecular weight excluding hydrogens is 194 g/mol. The number of hydrogen-bond acceptors (Lipinski definition) is 3. The molecule has 4 nitrogen and oxygen atoms in total. The minimum absolute atomic E-state index is 0.0380. The number of nitrogens with one attached hydrogen (secondary N) is 1. The summed E-state index contributed by atoms with van der Waals surface area (Å²) in [5, 5.41) is 11.7. The molecule has 0 unspecified atom stereocenters. The maximum absolute atomic E-state index is 11.3. The van der Waals surface area contributed by atoms with Gasteiger partial charge in [-0.1, -0.05) is 18.2 Å². The lowest BCUT2D eigenvalue weighted by Crippen LogP contribution is -2.19. The molecule has 1 rings (SSSR count). The van der Waals surface area contributed by atoms with Crippen LogP contribution in [0.25, 0.3) is 0 Å². The predicted octanol–water partition coefficient (Wildman–Crippen LogP) is 1.15. The lowest BCUT2D eigenvalue weighted by molar-refractivity contribution is -0.120. The van der Waals surface area contributed by atoms with Gasteiger partial charge in [-0.15, -0.1) is 0 Å². The molecule has 0 aliphatic carbocycles. The van der Waals surface area contributed by atoms with E-state index in [1.165, 1.54) is 0 Å². The van der Waals surface area contributed by atoms with Crippen molar-refractivity contribution < 1.29 is 14.6 Å². The van der Waals surface area contributed by atoms with Crippen molar-refractivity contribution in [2.24, 2.45) is 0 Å². The third-order valence-corrected chi connectivity index (χ3v) is 1.90. The van der Waals surface area contributed by atoms with Crippen LogP contribution in [0.5, 0.6) is 0 Å². The van der Waals surface area contributed by atoms with Gasteiger partial charge in [0.25, 0.3) is 0 Å². The lowest BCUT2D eigenvalue weighted by Gasteiger charge is -2.08. The number of rotatable bonds is 5. The van der Waals surface area contributed by atoms with E-state index in [4.69, 9.17) is 9.84 Å². The summed E-state index contributed by atoms with van der Waals surface area (Å²) in [5.41, 5.74) is 1.33. The highest BCUT2D eigenvalue weighted by Gasteiger charge is 2.05. The van der Waals surface area contributed by atoms with Crippen LogP contribution >= 0.6 is 0 Å². The highest BCUT2D eigenvalue weighted by Crippen LogP contribution is 2.14. The van der Waals surface area contributed by atoms with Crippen LogP contribution in [-0.4, -0.2) is 24.2 Å². The zero-order valence-electron chi connectivity index (χ0n) is 8.69. The van der Waals surface area contributed by atoms with Crippen molar-refractivity contribution in [3.63, 3.8) is 0 Å². The van der Waals surface area contributed by atoms with E-state index in [0.29, 0.717) is 17.9 Å². The first kappa shape index (κ1) is 11.7. The molecule has 0 radical (unpaired) electrons. The first-order chi connectivity index (χ1) is 7.27. The molecule has 0 saturated heterocycles.